The lowest BCUT2D eigenvalue weighted by molar-refractivity contribution is -0.200. The standard InChI is InChI=1S/C9H17NO3/c1-2-5-8(11)10-13-9-6-3-4-7-12-9/h9H,2-7H2,1H3,(H,10,11). The van der Waals surface area contributed by atoms with Crippen molar-refractivity contribution in [2.75, 3.05) is 6.61 Å². The molecule has 0 spiro atoms. The van der Waals surface area contributed by atoms with Crippen molar-refractivity contribution in [3.05, 3.63) is 0 Å². The van der Waals surface area contributed by atoms with Crippen LogP contribution in [0, 0.1) is 0 Å². The zero-order chi connectivity index (χ0) is 9.52. The van der Waals surface area contributed by atoms with E-state index in [1.807, 2.05) is 6.92 Å². The van der Waals surface area contributed by atoms with Crippen molar-refractivity contribution < 1.29 is 14.4 Å². The minimum absolute atomic E-state index is 0.0725. The first-order valence-corrected chi connectivity index (χ1v) is 4.89. The van der Waals surface area contributed by atoms with Crippen LogP contribution in [0.2, 0.25) is 0 Å². The van der Waals surface area contributed by atoms with E-state index in [0.717, 1.165) is 32.3 Å². The summed E-state index contributed by atoms with van der Waals surface area (Å²) in [5.74, 6) is -0.0725. The molecule has 1 atom stereocenters. The number of nitrogens with one attached hydrogen (secondary N) is 1. The van der Waals surface area contributed by atoms with Crippen molar-refractivity contribution >= 4 is 5.91 Å². The lowest BCUT2D eigenvalue weighted by Gasteiger charge is -2.21. The van der Waals surface area contributed by atoms with Gasteiger partial charge in [-0.2, -0.15) is 0 Å². The van der Waals surface area contributed by atoms with Gasteiger partial charge in [-0.05, 0) is 19.3 Å². The van der Waals surface area contributed by atoms with Gasteiger partial charge < -0.3 is 4.74 Å². The van der Waals surface area contributed by atoms with Crippen molar-refractivity contribution in [2.45, 2.75) is 45.3 Å². The van der Waals surface area contributed by atoms with Crippen molar-refractivity contribution in [1.82, 2.24) is 5.48 Å². The highest BCUT2D eigenvalue weighted by Gasteiger charge is 2.15. The quantitative estimate of drug-likeness (QED) is 0.676. The number of carbonyl (C=O) groups is 1. The molecule has 13 heavy (non-hydrogen) atoms. The molecule has 1 aliphatic rings. The number of hydrogen-bond acceptors (Lipinski definition) is 3. The maximum absolute atomic E-state index is 11.0. The van der Waals surface area contributed by atoms with Crippen LogP contribution in [0.5, 0.6) is 0 Å². The zero-order valence-corrected chi connectivity index (χ0v) is 8.04. The third-order valence-electron chi connectivity index (χ3n) is 1.92. The van der Waals surface area contributed by atoms with E-state index >= 15 is 0 Å². The highest BCUT2D eigenvalue weighted by atomic mass is 16.8. The van der Waals surface area contributed by atoms with Crippen LogP contribution in [-0.4, -0.2) is 18.8 Å². The Hall–Kier alpha value is -0.610. The summed E-state index contributed by atoms with van der Waals surface area (Å²) in [7, 11) is 0. The second-order valence-corrected chi connectivity index (χ2v) is 3.19. The Labute approximate surface area is 78.5 Å². The highest BCUT2D eigenvalue weighted by Crippen LogP contribution is 2.12. The molecule has 1 amide bonds. The van der Waals surface area contributed by atoms with Gasteiger partial charge in [0.1, 0.15) is 0 Å². The molecule has 1 unspecified atom stereocenters. The molecular weight excluding hydrogens is 170 g/mol. The van der Waals surface area contributed by atoms with Crippen LogP contribution in [0.4, 0.5) is 0 Å². The third kappa shape index (κ3) is 4.24. The van der Waals surface area contributed by atoms with Gasteiger partial charge in [0.15, 0.2) is 6.29 Å². The molecular formula is C9H17NO3. The summed E-state index contributed by atoms with van der Waals surface area (Å²) in [6, 6.07) is 0. The van der Waals surface area contributed by atoms with Crippen LogP contribution in [-0.2, 0) is 14.4 Å². The number of ether oxygens (including phenoxy) is 1. The van der Waals surface area contributed by atoms with E-state index in [4.69, 9.17) is 9.57 Å². The Morgan fingerprint density at radius 2 is 2.46 bits per heavy atom. The molecule has 1 heterocycles. The van der Waals surface area contributed by atoms with E-state index in [2.05, 4.69) is 5.48 Å². The van der Waals surface area contributed by atoms with E-state index in [1.54, 1.807) is 0 Å². The van der Waals surface area contributed by atoms with Crippen molar-refractivity contribution in [2.24, 2.45) is 0 Å². The van der Waals surface area contributed by atoms with Crippen molar-refractivity contribution in [3.63, 3.8) is 0 Å². The van der Waals surface area contributed by atoms with Gasteiger partial charge in [-0.1, -0.05) is 6.92 Å². The molecule has 0 aliphatic carbocycles. The van der Waals surface area contributed by atoms with Crippen LogP contribution < -0.4 is 5.48 Å². The fraction of sp³-hybridized carbons (Fsp3) is 0.889. The van der Waals surface area contributed by atoms with Crippen LogP contribution in [0.25, 0.3) is 0 Å². The number of rotatable bonds is 4. The predicted molar refractivity (Wildman–Crippen MR) is 47.7 cm³/mol. The van der Waals surface area contributed by atoms with Gasteiger partial charge >= 0.3 is 0 Å². The van der Waals surface area contributed by atoms with E-state index < -0.39 is 0 Å². The second-order valence-electron chi connectivity index (χ2n) is 3.19. The number of hydroxylamine groups is 1. The largest absolute Gasteiger partial charge is 0.350 e. The molecule has 0 bridgehead atoms. The molecule has 1 saturated heterocycles. The topological polar surface area (TPSA) is 47.6 Å². The fourth-order valence-corrected chi connectivity index (χ4v) is 1.21. The van der Waals surface area contributed by atoms with Crippen LogP contribution in [0.3, 0.4) is 0 Å². The molecule has 1 rings (SSSR count). The first-order valence-electron chi connectivity index (χ1n) is 4.89. The van der Waals surface area contributed by atoms with Gasteiger partial charge in [0.2, 0.25) is 5.91 Å². The third-order valence-corrected chi connectivity index (χ3v) is 1.92. The van der Waals surface area contributed by atoms with E-state index in [1.165, 1.54) is 0 Å². The summed E-state index contributed by atoms with van der Waals surface area (Å²) >= 11 is 0. The van der Waals surface area contributed by atoms with Gasteiger partial charge in [-0.25, -0.2) is 10.3 Å². The van der Waals surface area contributed by atoms with E-state index in [-0.39, 0.29) is 12.2 Å². The summed E-state index contributed by atoms with van der Waals surface area (Å²) in [5, 5.41) is 0. The molecule has 0 saturated carbocycles. The molecule has 0 aromatic heterocycles. The van der Waals surface area contributed by atoms with Crippen LogP contribution >= 0.6 is 0 Å². The summed E-state index contributed by atoms with van der Waals surface area (Å²) in [4.78, 5) is 16.1. The monoisotopic (exact) mass is 187 g/mol. The van der Waals surface area contributed by atoms with Crippen LogP contribution in [0.15, 0.2) is 0 Å². The van der Waals surface area contributed by atoms with Crippen LogP contribution in [0.1, 0.15) is 39.0 Å². The molecule has 4 nitrogen and oxygen atoms in total. The minimum atomic E-state index is -0.241. The Morgan fingerprint density at radius 1 is 1.62 bits per heavy atom. The minimum Gasteiger partial charge on any atom is -0.350 e. The van der Waals surface area contributed by atoms with Crippen molar-refractivity contribution in [1.29, 1.82) is 0 Å². The molecule has 76 valence electrons. The Morgan fingerprint density at radius 3 is 3.08 bits per heavy atom. The van der Waals surface area contributed by atoms with Gasteiger partial charge in [0.05, 0.1) is 0 Å². The average molecular weight is 187 g/mol. The van der Waals surface area contributed by atoms with Gasteiger partial charge in [-0.3, -0.25) is 4.79 Å². The predicted octanol–water partition coefficient (Wildman–Crippen LogP) is 1.36. The smallest absolute Gasteiger partial charge is 0.243 e. The highest BCUT2D eigenvalue weighted by molar-refractivity contribution is 5.74. The van der Waals surface area contributed by atoms with E-state index in [0.29, 0.717) is 6.42 Å². The Balaban J connectivity index is 2.06. The molecule has 1 fully saturated rings. The normalized spacial score (nSPS) is 22.7. The molecule has 1 aliphatic heterocycles. The Kier molecular flexibility index (Phi) is 4.78. The summed E-state index contributed by atoms with van der Waals surface area (Å²) < 4.78 is 5.27. The van der Waals surface area contributed by atoms with Crippen molar-refractivity contribution in [3.8, 4) is 0 Å². The number of hydrogen-bond donors (Lipinski definition) is 1. The lowest BCUT2D eigenvalue weighted by Crippen LogP contribution is -2.32. The average Bonchev–Trinajstić information content (AvgIpc) is 2.17. The summed E-state index contributed by atoms with van der Waals surface area (Å²) in [6.45, 7) is 2.69. The first kappa shape index (κ1) is 10.5. The maximum Gasteiger partial charge on any atom is 0.243 e. The SMILES string of the molecule is CCCC(=O)NOC1CCCCO1. The van der Waals surface area contributed by atoms with Gasteiger partial charge in [-0.15, -0.1) is 0 Å². The Bertz CT molecular complexity index is 155. The zero-order valence-electron chi connectivity index (χ0n) is 8.04. The maximum atomic E-state index is 11.0. The lowest BCUT2D eigenvalue weighted by atomic mass is 10.2. The number of amides is 1. The fourth-order valence-electron chi connectivity index (χ4n) is 1.21. The molecule has 0 radical (unpaired) electrons. The second kappa shape index (κ2) is 5.94. The van der Waals surface area contributed by atoms with Gasteiger partial charge in [0, 0.05) is 19.4 Å². The summed E-state index contributed by atoms with van der Waals surface area (Å²) in [6.07, 6.45) is 4.16. The number of carbonyl (C=O) groups excluding carboxylic acids is 1. The molecule has 1 N–H and O–H groups in total. The van der Waals surface area contributed by atoms with Gasteiger partial charge in [0.25, 0.3) is 0 Å². The first-order chi connectivity index (χ1) is 6.33. The summed E-state index contributed by atoms with van der Waals surface area (Å²) in [5.41, 5.74) is 2.39. The molecule has 0 aromatic carbocycles. The molecule has 0 aromatic rings. The molecule has 4 heteroatoms. The van der Waals surface area contributed by atoms with E-state index in [9.17, 15) is 4.79 Å².